The summed E-state index contributed by atoms with van der Waals surface area (Å²) in [6.07, 6.45) is 0. The van der Waals surface area contributed by atoms with Gasteiger partial charge in [-0.05, 0) is 24.6 Å². The molecule has 0 radical (unpaired) electrons. The van der Waals surface area contributed by atoms with Crippen LogP contribution >= 0.6 is 0 Å². The molecule has 0 fully saturated rings. The van der Waals surface area contributed by atoms with Gasteiger partial charge in [0.15, 0.2) is 23.0 Å². The Hall–Kier alpha value is -3.14. The third kappa shape index (κ3) is 2.73. The predicted molar refractivity (Wildman–Crippen MR) is 101 cm³/mol. The van der Waals surface area contributed by atoms with Gasteiger partial charge in [0.25, 0.3) is 0 Å². The maximum Gasteiger partial charge on any atom is 0.162 e. The van der Waals surface area contributed by atoms with Gasteiger partial charge in [-0.1, -0.05) is 54.6 Å². The molecule has 0 aliphatic carbocycles. The van der Waals surface area contributed by atoms with Gasteiger partial charge >= 0.3 is 0 Å². The van der Waals surface area contributed by atoms with Crippen molar-refractivity contribution in [1.82, 2.24) is 0 Å². The van der Waals surface area contributed by atoms with Crippen molar-refractivity contribution in [2.45, 2.75) is 12.3 Å². The molecule has 0 spiro atoms. The molecule has 0 aromatic heterocycles. The average Bonchev–Trinajstić information content (AvgIpc) is 2.68. The first kappa shape index (κ1) is 17.7. The quantitative estimate of drug-likeness (QED) is 0.667. The number of rotatable bonds is 5. The zero-order chi connectivity index (χ0) is 18.7. The molecular formula is C22H22O4. The molecule has 0 saturated heterocycles. The SMILES string of the molecule is COc1cccc(C(C)(c2ccccc2)c2cccc(OC)c2O)c1O. The second kappa shape index (κ2) is 7.00. The Morgan fingerprint density at radius 2 is 1.12 bits per heavy atom. The first-order valence-electron chi connectivity index (χ1n) is 8.32. The maximum absolute atomic E-state index is 10.8. The predicted octanol–water partition coefficient (Wildman–Crippen LogP) is 4.47. The van der Waals surface area contributed by atoms with Crippen LogP contribution in [0.5, 0.6) is 23.0 Å². The number of hydrogen-bond acceptors (Lipinski definition) is 4. The van der Waals surface area contributed by atoms with Gasteiger partial charge in [0.05, 0.1) is 14.2 Å². The second-order valence-corrected chi connectivity index (χ2v) is 6.20. The van der Waals surface area contributed by atoms with E-state index in [1.165, 1.54) is 14.2 Å². The van der Waals surface area contributed by atoms with E-state index >= 15 is 0 Å². The summed E-state index contributed by atoms with van der Waals surface area (Å²) >= 11 is 0. The minimum absolute atomic E-state index is 0.0450. The molecule has 3 rings (SSSR count). The van der Waals surface area contributed by atoms with Crippen LogP contribution < -0.4 is 9.47 Å². The highest BCUT2D eigenvalue weighted by Gasteiger charge is 2.37. The van der Waals surface area contributed by atoms with Gasteiger partial charge in [0.2, 0.25) is 0 Å². The van der Waals surface area contributed by atoms with Gasteiger partial charge in [0.1, 0.15) is 0 Å². The smallest absolute Gasteiger partial charge is 0.162 e. The molecule has 0 heterocycles. The summed E-state index contributed by atoms with van der Waals surface area (Å²) in [6, 6.07) is 20.5. The summed E-state index contributed by atoms with van der Waals surface area (Å²) in [5.41, 5.74) is 1.36. The topological polar surface area (TPSA) is 58.9 Å². The van der Waals surface area contributed by atoms with Crippen LogP contribution in [0.1, 0.15) is 23.6 Å². The van der Waals surface area contributed by atoms with Gasteiger partial charge in [-0.15, -0.1) is 0 Å². The zero-order valence-corrected chi connectivity index (χ0v) is 15.1. The van der Waals surface area contributed by atoms with Crippen LogP contribution in [0.3, 0.4) is 0 Å². The van der Waals surface area contributed by atoms with Crippen LogP contribution in [0.15, 0.2) is 66.7 Å². The fraction of sp³-hybridized carbons (Fsp3) is 0.182. The molecule has 134 valence electrons. The Morgan fingerprint density at radius 1 is 0.654 bits per heavy atom. The largest absolute Gasteiger partial charge is 0.504 e. The molecule has 0 unspecified atom stereocenters. The lowest BCUT2D eigenvalue weighted by atomic mass is 9.70. The van der Waals surface area contributed by atoms with Gasteiger partial charge in [-0.2, -0.15) is 0 Å². The Bertz CT molecular complexity index is 850. The van der Waals surface area contributed by atoms with Crippen molar-refractivity contribution in [2.75, 3.05) is 14.2 Å². The van der Waals surface area contributed by atoms with Crippen molar-refractivity contribution < 1.29 is 19.7 Å². The number of phenols is 2. The number of ether oxygens (including phenoxy) is 2. The molecule has 0 atom stereocenters. The molecule has 0 amide bonds. The average molecular weight is 350 g/mol. The van der Waals surface area contributed by atoms with Crippen molar-refractivity contribution in [3.8, 4) is 23.0 Å². The van der Waals surface area contributed by atoms with E-state index in [9.17, 15) is 10.2 Å². The van der Waals surface area contributed by atoms with Crippen LogP contribution in [-0.2, 0) is 5.41 Å². The molecule has 3 aromatic rings. The molecule has 0 aliphatic heterocycles. The highest BCUT2D eigenvalue weighted by molar-refractivity contribution is 5.62. The van der Waals surface area contributed by atoms with Gasteiger partial charge in [-0.25, -0.2) is 0 Å². The summed E-state index contributed by atoms with van der Waals surface area (Å²) in [5.74, 6) is 0.853. The fourth-order valence-electron chi connectivity index (χ4n) is 3.41. The van der Waals surface area contributed by atoms with Crippen molar-refractivity contribution in [1.29, 1.82) is 0 Å². The molecule has 2 N–H and O–H groups in total. The fourth-order valence-corrected chi connectivity index (χ4v) is 3.41. The van der Waals surface area contributed by atoms with E-state index in [0.29, 0.717) is 22.6 Å². The third-order valence-corrected chi connectivity index (χ3v) is 4.87. The lowest BCUT2D eigenvalue weighted by Crippen LogP contribution is -2.26. The van der Waals surface area contributed by atoms with E-state index in [1.54, 1.807) is 12.1 Å². The maximum atomic E-state index is 10.8. The van der Waals surface area contributed by atoms with E-state index in [4.69, 9.17) is 9.47 Å². The Kier molecular flexibility index (Phi) is 4.76. The summed E-state index contributed by atoms with van der Waals surface area (Å²) in [6.45, 7) is 1.96. The molecule has 0 saturated carbocycles. The van der Waals surface area contributed by atoms with E-state index < -0.39 is 5.41 Å². The van der Waals surface area contributed by atoms with Crippen LogP contribution in [0.2, 0.25) is 0 Å². The summed E-state index contributed by atoms with van der Waals surface area (Å²) < 4.78 is 10.6. The number of aromatic hydroxyl groups is 2. The molecule has 0 aliphatic rings. The molecular weight excluding hydrogens is 328 g/mol. The summed E-state index contributed by atoms with van der Waals surface area (Å²) in [7, 11) is 3.03. The normalized spacial score (nSPS) is 11.2. The van der Waals surface area contributed by atoms with Crippen LogP contribution in [-0.4, -0.2) is 24.4 Å². The highest BCUT2D eigenvalue weighted by atomic mass is 16.5. The number of hydrogen-bond donors (Lipinski definition) is 2. The summed E-state index contributed by atoms with van der Waals surface area (Å²) in [5, 5.41) is 21.7. The van der Waals surface area contributed by atoms with E-state index in [0.717, 1.165) is 5.56 Å². The molecule has 4 heteroatoms. The number of methoxy groups -OCH3 is 2. The van der Waals surface area contributed by atoms with E-state index in [2.05, 4.69) is 0 Å². The zero-order valence-electron chi connectivity index (χ0n) is 15.1. The van der Waals surface area contributed by atoms with Crippen LogP contribution in [0.4, 0.5) is 0 Å². The minimum Gasteiger partial charge on any atom is -0.504 e. The second-order valence-electron chi connectivity index (χ2n) is 6.20. The lowest BCUT2D eigenvalue weighted by Gasteiger charge is -2.33. The first-order valence-corrected chi connectivity index (χ1v) is 8.32. The van der Waals surface area contributed by atoms with Crippen molar-refractivity contribution >= 4 is 0 Å². The molecule has 3 aromatic carbocycles. The Labute approximate surface area is 153 Å². The van der Waals surface area contributed by atoms with Gasteiger partial charge < -0.3 is 19.7 Å². The number of phenolic OH excluding ortho intramolecular Hbond substituents is 2. The minimum atomic E-state index is -0.821. The monoisotopic (exact) mass is 350 g/mol. The first-order chi connectivity index (χ1) is 12.5. The van der Waals surface area contributed by atoms with Crippen molar-refractivity contribution in [2.24, 2.45) is 0 Å². The Morgan fingerprint density at radius 3 is 1.54 bits per heavy atom. The van der Waals surface area contributed by atoms with Crippen LogP contribution in [0, 0.1) is 0 Å². The Balaban J connectivity index is 2.37. The van der Waals surface area contributed by atoms with Crippen molar-refractivity contribution in [3.05, 3.63) is 83.4 Å². The molecule has 4 nitrogen and oxygen atoms in total. The lowest BCUT2D eigenvalue weighted by molar-refractivity contribution is 0.360. The molecule has 26 heavy (non-hydrogen) atoms. The van der Waals surface area contributed by atoms with Gasteiger partial charge in [-0.3, -0.25) is 0 Å². The third-order valence-electron chi connectivity index (χ3n) is 4.87. The van der Waals surface area contributed by atoms with Crippen molar-refractivity contribution in [3.63, 3.8) is 0 Å². The number of para-hydroxylation sites is 2. The van der Waals surface area contributed by atoms with E-state index in [1.807, 2.05) is 61.5 Å². The standard InChI is InChI=1S/C22H22O4/c1-22(15-9-5-4-6-10-15,16-11-7-13-18(25-2)20(16)23)17-12-8-14-19(26-3)21(17)24/h4-14,23-24H,1-3H3. The summed E-state index contributed by atoms with van der Waals surface area (Å²) in [4.78, 5) is 0. The van der Waals surface area contributed by atoms with Gasteiger partial charge in [0, 0.05) is 16.5 Å². The molecule has 0 bridgehead atoms. The van der Waals surface area contributed by atoms with E-state index in [-0.39, 0.29) is 11.5 Å². The van der Waals surface area contributed by atoms with Crippen LogP contribution in [0.25, 0.3) is 0 Å². The number of benzene rings is 3. The highest BCUT2D eigenvalue weighted by Crippen LogP contribution is 2.49.